The molecule has 98 valence electrons. The molecule has 1 heterocycles. The first-order valence-electron chi connectivity index (χ1n) is 6.54. The van der Waals surface area contributed by atoms with E-state index in [0.29, 0.717) is 0 Å². The van der Waals surface area contributed by atoms with E-state index in [9.17, 15) is 4.79 Å². The van der Waals surface area contributed by atoms with Crippen LogP contribution in [0.1, 0.15) is 26.4 Å². The average Bonchev–Trinajstić information content (AvgIpc) is 3.03. The fourth-order valence-electron chi connectivity index (χ4n) is 2.16. The Morgan fingerprint density at radius 3 is 2.15 bits per heavy atom. The molecule has 0 aliphatic heterocycles. The summed E-state index contributed by atoms with van der Waals surface area (Å²) >= 11 is 1.48. The summed E-state index contributed by atoms with van der Waals surface area (Å²) < 4.78 is 0. The highest BCUT2D eigenvalue weighted by atomic mass is 32.1. The zero-order valence-corrected chi connectivity index (χ0v) is 11.8. The molecule has 0 aliphatic rings. The van der Waals surface area contributed by atoms with E-state index in [-0.39, 0.29) is 5.78 Å². The van der Waals surface area contributed by atoms with Crippen LogP contribution in [0.5, 0.6) is 0 Å². The summed E-state index contributed by atoms with van der Waals surface area (Å²) in [6, 6.07) is 22.0. The summed E-state index contributed by atoms with van der Waals surface area (Å²) in [7, 11) is 0. The highest BCUT2D eigenvalue weighted by Gasteiger charge is 2.09. The molecule has 3 rings (SSSR count). The molecule has 2 heteroatoms. The lowest BCUT2D eigenvalue weighted by Crippen LogP contribution is -1.98. The van der Waals surface area contributed by atoms with Gasteiger partial charge in [0.25, 0.3) is 0 Å². The molecule has 0 radical (unpaired) electrons. The number of hydrogen-bond acceptors (Lipinski definition) is 2. The van der Waals surface area contributed by atoms with Crippen molar-refractivity contribution in [2.45, 2.75) is 6.42 Å². The van der Waals surface area contributed by atoms with Crippen molar-refractivity contribution in [1.29, 1.82) is 0 Å². The van der Waals surface area contributed by atoms with E-state index < -0.39 is 0 Å². The maximum absolute atomic E-state index is 12.2. The molecule has 1 aromatic heterocycles. The van der Waals surface area contributed by atoms with Crippen molar-refractivity contribution in [2.24, 2.45) is 0 Å². The highest BCUT2D eigenvalue weighted by molar-refractivity contribution is 7.12. The van der Waals surface area contributed by atoms with Gasteiger partial charge in [0, 0.05) is 5.56 Å². The normalized spacial score (nSPS) is 10.4. The first-order valence-corrected chi connectivity index (χ1v) is 7.42. The van der Waals surface area contributed by atoms with Crippen LogP contribution in [0.4, 0.5) is 0 Å². The summed E-state index contributed by atoms with van der Waals surface area (Å²) in [5.74, 6) is 0.103. The lowest BCUT2D eigenvalue weighted by molar-refractivity contribution is 0.104. The minimum absolute atomic E-state index is 0.103. The Morgan fingerprint density at radius 1 is 0.800 bits per heavy atom. The van der Waals surface area contributed by atoms with Crippen molar-refractivity contribution in [1.82, 2.24) is 0 Å². The molecule has 3 aromatic rings. The van der Waals surface area contributed by atoms with Crippen molar-refractivity contribution in [3.05, 3.63) is 93.7 Å². The Hall–Kier alpha value is -2.19. The Morgan fingerprint density at radius 2 is 1.50 bits per heavy atom. The van der Waals surface area contributed by atoms with Gasteiger partial charge >= 0.3 is 0 Å². The molecule has 0 saturated heterocycles. The third-order valence-corrected chi connectivity index (χ3v) is 4.08. The fourth-order valence-corrected chi connectivity index (χ4v) is 2.84. The molecular formula is C18H14OS. The van der Waals surface area contributed by atoms with Gasteiger partial charge in [-0.3, -0.25) is 4.79 Å². The van der Waals surface area contributed by atoms with Gasteiger partial charge < -0.3 is 0 Å². The van der Waals surface area contributed by atoms with Gasteiger partial charge in [-0.1, -0.05) is 60.7 Å². The molecule has 20 heavy (non-hydrogen) atoms. The highest BCUT2D eigenvalue weighted by Crippen LogP contribution is 2.16. The third-order valence-electron chi connectivity index (χ3n) is 3.21. The number of carbonyl (C=O) groups is 1. The Labute approximate surface area is 122 Å². The summed E-state index contributed by atoms with van der Waals surface area (Å²) in [5.41, 5.74) is 3.26. The minimum Gasteiger partial charge on any atom is -0.288 e. The van der Waals surface area contributed by atoms with E-state index in [1.54, 1.807) is 0 Å². The van der Waals surface area contributed by atoms with E-state index >= 15 is 0 Å². The number of thiophene rings is 1. The van der Waals surface area contributed by atoms with Crippen molar-refractivity contribution in [3.63, 3.8) is 0 Å². The monoisotopic (exact) mass is 278 g/mol. The summed E-state index contributed by atoms with van der Waals surface area (Å²) in [4.78, 5) is 13.0. The molecule has 1 nitrogen and oxygen atoms in total. The van der Waals surface area contributed by atoms with Gasteiger partial charge in [0.15, 0.2) is 0 Å². The molecule has 0 fully saturated rings. The molecule has 0 aliphatic carbocycles. The standard InChI is InChI=1S/C18H14OS/c19-18(17-7-4-12-20-17)16-10-8-15(9-11-16)13-14-5-2-1-3-6-14/h1-12H,13H2. The Bertz CT molecular complexity index is 682. The van der Waals surface area contributed by atoms with Crippen LogP contribution in [0.25, 0.3) is 0 Å². The summed E-state index contributed by atoms with van der Waals surface area (Å²) in [6.07, 6.45) is 0.897. The van der Waals surface area contributed by atoms with Crippen molar-refractivity contribution >= 4 is 17.1 Å². The van der Waals surface area contributed by atoms with Crippen LogP contribution in [-0.2, 0) is 6.42 Å². The van der Waals surface area contributed by atoms with Gasteiger partial charge in [-0.15, -0.1) is 11.3 Å². The predicted octanol–water partition coefficient (Wildman–Crippen LogP) is 4.57. The van der Waals surface area contributed by atoms with Crippen LogP contribution in [-0.4, -0.2) is 5.78 Å². The molecular weight excluding hydrogens is 264 g/mol. The van der Waals surface area contributed by atoms with Gasteiger partial charge in [0.05, 0.1) is 4.88 Å². The zero-order chi connectivity index (χ0) is 13.8. The molecule has 0 unspecified atom stereocenters. The third kappa shape index (κ3) is 2.86. The number of benzene rings is 2. The SMILES string of the molecule is O=C(c1ccc(Cc2ccccc2)cc1)c1cccs1. The maximum atomic E-state index is 12.2. The lowest BCUT2D eigenvalue weighted by Gasteiger charge is -2.03. The van der Waals surface area contributed by atoms with Gasteiger partial charge in [0.1, 0.15) is 0 Å². The van der Waals surface area contributed by atoms with Crippen LogP contribution in [0.2, 0.25) is 0 Å². The fraction of sp³-hybridized carbons (Fsp3) is 0.0556. The molecule has 0 atom stereocenters. The van der Waals surface area contributed by atoms with Crippen molar-refractivity contribution in [2.75, 3.05) is 0 Å². The molecule has 0 bridgehead atoms. The van der Waals surface area contributed by atoms with Gasteiger partial charge in [-0.05, 0) is 29.0 Å². The molecule has 0 saturated carbocycles. The first-order chi connectivity index (χ1) is 9.83. The Kier molecular flexibility index (Phi) is 3.75. The Balaban J connectivity index is 1.76. The van der Waals surface area contributed by atoms with Gasteiger partial charge in [-0.25, -0.2) is 0 Å². The quantitative estimate of drug-likeness (QED) is 0.639. The van der Waals surface area contributed by atoms with Crippen LogP contribution in [0.15, 0.2) is 72.1 Å². The van der Waals surface area contributed by atoms with Gasteiger partial charge in [-0.2, -0.15) is 0 Å². The largest absolute Gasteiger partial charge is 0.288 e. The number of rotatable bonds is 4. The maximum Gasteiger partial charge on any atom is 0.202 e. The second-order valence-electron chi connectivity index (χ2n) is 4.67. The van der Waals surface area contributed by atoms with E-state index in [0.717, 1.165) is 16.9 Å². The van der Waals surface area contributed by atoms with E-state index in [2.05, 4.69) is 12.1 Å². The lowest BCUT2D eigenvalue weighted by atomic mass is 10.0. The predicted molar refractivity (Wildman–Crippen MR) is 83.4 cm³/mol. The number of carbonyl (C=O) groups excluding carboxylic acids is 1. The van der Waals surface area contributed by atoms with Crippen LogP contribution < -0.4 is 0 Å². The van der Waals surface area contributed by atoms with E-state index in [4.69, 9.17) is 0 Å². The molecule has 2 aromatic carbocycles. The second kappa shape index (κ2) is 5.85. The summed E-state index contributed by atoms with van der Waals surface area (Å²) in [5, 5.41) is 1.93. The number of hydrogen-bond donors (Lipinski definition) is 0. The van der Waals surface area contributed by atoms with Gasteiger partial charge in [0.2, 0.25) is 5.78 Å². The van der Waals surface area contributed by atoms with E-state index in [1.165, 1.54) is 22.5 Å². The van der Waals surface area contributed by atoms with E-state index in [1.807, 2.05) is 60.0 Å². The van der Waals surface area contributed by atoms with Crippen molar-refractivity contribution in [3.8, 4) is 0 Å². The molecule has 0 amide bonds. The minimum atomic E-state index is 0.103. The van der Waals surface area contributed by atoms with Crippen molar-refractivity contribution < 1.29 is 4.79 Å². The summed E-state index contributed by atoms with van der Waals surface area (Å²) in [6.45, 7) is 0. The van der Waals surface area contributed by atoms with Crippen LogP contribution in [0, 0.1) is 0 Å². The first kappa shape index (κ1) is 12.8. The molecule has 0 spiro atoms. The molecule has 0 N–H and O–H groups in total. The smallest absolute Gasteiger partial charge is 0.202 e. The topological polar surface area (TPSA) is 17.1 Å². The number of ketones is 1. The van der Waals surface area contributed by atoms with Crippen LogP contribution in [0.3, 0.4) is 0 Å². The average molecular weight is 278 g/mol. The second-order valence-corrected chi connectivity index (χ2v) is 5.61. The zero-order valence-electron chi connectivity index (χ0n) is 11.0. The van der Waals surface area contributed by atoms with Crippen LogP contribution >= 0.6 is 11.3 Å².